The molecule has 2 heteroatoms. The molecule has 0 bridgehead atoms. The van der Waals surface area contributed by atoms with Crippen LogP contribution in [-0.2, 0) is 0 Å². The second kappa shape index (κ2) is 7.26. The largest absolute Gasteiger partial charge is 0.313 e. The van der Waals surface area contributed by atoms with E-state index in [0.29, 0.717) is 0 Å². The first-order valence-electron chi connectivity index (χ1n) is 9.25. The third-order valence-electron chi connectivity index (χ3n) is 6.23. The van der Waals surface area contributed by atoms with Crippen molar-refractivity contribution in [2.24, 2.45) is 17.8 Å². The Morgan fingerprint density at radius 3 is 2.40 bits per heavy atom. The van der Waals surface area contributed by atoms with Crippen LogP contribution < -0.4 is 5.32 Å². The summed E-state index contributed by atoms with van der Waals surface area (Å²) in [5, 5.41) is 4.00. The standard InChI is InChI=1S/C18H34N2/c1-20-12-11-15(14-20)13-19-18-10-6-5-9-17(18)16-7-3-2-4-8-16/h15-19H,2-14H2,1H3. The summed E-state index contributed by atoms with van der Waals surface area (Å²) in [6.07, 6.45) is 14.9. The number of nitrogens with one attached hydrogen (secondary N) is 1. The van der Waals surface area contributed by atoms with Gasteiger partial charge in [-0.05, 0) is 57.2 Å². The molecular formula is C18H34N2. The molecule has 1 saturated heterocycles. The molecule has 2 saturated carbocycles. The fourth-order valence-electron chi connectivity index (χ4n) is 5.05. The fourth-order valence-corrected chi connectivity index (χ4v) is 5.05. The smallest absolute Gasteiger partial charge is 0.00980 e. The molecular weight excluding hydrogens is 244 g/mol. The zero-order valence-corrected chi connectivity index (χ0v) is 13.4. The van der Waals surface area contributed by atoms with Crippen LogP contribution in [0.25, 0.3) is 0 Å². The lowest BCUT2D eigenvalue weighted by molar-refractivity contribution is 0.147. The molecule has 20 heavy (non-hydrogen) atoms. The lowest BCUT2D eigenvalue weighted by atomic mass is 9.71. The Balaban J connectivity index is 1.49. The number of rotatable bonds is 4. The molecule has 1 heterocycles. The average molecular weight is 278 g/mol. The van der Waals surface area contributed by atoms with Crippen molar-refractivity contribution in [1.29, 1.82) is 0 Å². The van der Waals surface area contributed by atoms with Crippen molar-refractivity contribution >= 4 is 0 Å². The summed E-state index contributed by atoms with van der Waals surface area (Å²) in [5.41, 5.74) is 0. The Morgan fingerprint density at radius 1 is 0.900 bits per heavy atom. The van der Waals surface area contributed by atoms with Crippen molar-refractivity contribution in [3.05, 3.63) is 0 Å². The zero-order valence-electron chi connectivity index (χ0n) is 13.4. The second-order valence-corrected chi connectivity index (χ2v) is 7.78. The molecule has 116 valence electrons. The quantitative estimate of drug-likeness (QED) is 0.844. The SMILES string of the molecule is CN1CCC(CNC2CCCCC2C2CCCCC2)C1. The van der Waals surface area contributed by atoms with E-state index < -0.39 is 0 Å². The molecule has 1 aliphatic heterocycles. The summed E-state index contributed by atoms with van der Waals surface area (Å²) in [6, 6.07) is 0.845. The van der Waals surface area contributed by atoms with E-state index in [1.165, 1.54) is 83.8 Å². The molecule has 0 aromatic rings. The van der Waals surface area contributed by atoms with Gasteiger partial charge in [0, 0.05) is 12.6 Å². The Kier molecular flexibility index (Phi) is 5.39. The van der Waals surface area contributed by atoms with E-state index in [1.807, 2.05) is 0 Å². The predicted molar refractivity (Wildman–Crippen MR) is 85.9 cm³/mol. The van der Waals surface area contributed by atoms with Crippen molar-refractivity contribution in [3.63, 3.8) is 0 Å². The molecule has 2 nitrogen and oxygen atoms in total. The summed E-state index contributed by atoms with van der Waals surface area (Å²) in [6.45, 7) is 3.90. The van der Waals surface area contributed by atoms with Gasteiger partial charge in [-0.3, -0.25) is 0 Å². The molecule has 0 radical (unpaired) electrons. The van der Waals surface area contributed by atoms with Crippen molar-refractivity contribution in [3.8, 4) is 0 Å². The number of nitrogens with zero attached hydrogens (tertiary/aromatic N) is 1. The molecule has 0 aromatic carbocycles. The normalized spacial score (nSPS) is 37.4. The molecule has 3 atom stereocenters. The van der Waals surface area contributed by atoms with E-state index in [4.69, 9.17) is 0 Å². The third-order valence-corrected chi connectivity index (χ3v) is 6.23. The highest BCUT2D eigenvalue weighted by atomic mass is 15.1. The highest BCUT2D eigenvalue weighted by molar-refractivity contribution is 4.88. The van der Waals surface area contributed by atoms with Crippen LogP contribution in [0.15, 0.2) is 0 Å². The maximum Gasteiger partial charge on any atom is 0.00980 e. The van der Waals surface area contributed by atoms with Gasteiger partial charge in [0.05, 0.1) is 0 Å². The Morgan fingerprint density at radius 2 is 1.65 bits per heavy atom. The molecule has 2 aliphatic carbocycles. The molecule has 0 aromatic heterocycles. The van der Waals surface area contributed by atoms with Crippen molar-refractivity contribution in [2.75, 3.05) is 26.7 Å². The van der Waals surface area contributed by atoms with Gasteiger partial charge < -0.3 is 10.2 Å². The second-order valence-electron chi connectivity index (χ2n) is 7.78. The van der Waals surface area contributed by atoms with Crippen molar-refractivity contribution in [1.82, 2.24) is 10.2 Å². The molecule has 3 aliphatic rings. The first kappa shape index (κ1) is 14.8. The summed E-state index contributed by atoms with van der Waals surface area (Å²) in [7, 11) is 2.27. The van der Waals surface area contributed by atoms with Crippen LogP contribution in [0.4, 0.5) is 0 Å². The van der Waals surface area contributed by atoms with Crippen LogP contribution in [0.2, 0.25) is 0 Å². The molecule has 3 unspecified atom stereocenters. The highest BCUT2D eigenvalue weighted by Gasteiger charge is 2.32. The van der Waals surface area contributed by atoms with Crippen LogP contribution >= 0.6 is 0 Å². The van der Waals surface area contributed by atoms with Crippen molar-refractivity contribution < 1.29 is 0 Å². The van der Waals surface area contributed by atoms with Gasteiger partial charge in [0.25, 0.3) is 0 Å². The Hall–Kier alpha value is -0.0800. The minimum Gasteiger partial charge on any atom is -0.313 e. The lowest BCUT2D eigenvalue weighted by Gasteiger charge is -2.40. The molecule has 3 fully saturated rings. The van der Waals surface area contributed by atoms with Crippen LogP contribution in [0.1, 0.15) is 64.2 Å². The van der Waals surface area contributed by atoms with Gasteiger partial charge in [0.2, 0.25) is 0 Å². The maximum atomic E-state index is 4.00. The highest BCUT2D eigenvalue weighted by Crippen LogP contribution is 2.38. The van der Waals surface area contributed by atoms with Crippen LogP contribution in [0, 0.1) is 17.8 Å². The zero-order chi connectivity index (χ0) is 13.8. The van der Waals surface area contributed by atoms with Gasteiger partial charge in [-0.15, -0.1) is 0 Å². The Labute approximate surface area is 125 Å². The number of likely N-dealkylation sites (tertiary alicyclic amines) is 1. The van der Waals surface area contributed by atoms with Crippen LogP contribution in [-0.4, -0.2) is 37.6 Å². The van der Waals surface area contributed by atoms with E-state index >= 15 is 0 Å². The van der Waals surface area contributed by atoms with Crippen molar-refractivity contribution in [2.45, 2.75) is 70.3 Å². The van der Waals surface area contributed by atoms with Gasteiger partial charge >= 0.3 is 0 Å². The number of hydrogen-bond donors (Lipinski definition) is 1. The summed E-state index contributed by atoms with van der Waals surface area (Å²) in [4.78, 5) is 2.49. The maximum absolute atomic E-state index is 4.00. The number of hydrogen-bond acceptors (Lipinski definition) is 2. The van der Waals surface area contributed by atoms with Gasteiger partial charge in [0.1, 0.15) is 0 Å². The van der Waals surface area contributed by atoms with Gasteiger partial charge in [-0.25, -0.2) is 0 Å². The average Bonchev–Trinajstić information content (AvgIpc) is 2.92. The van der Waals surface area contributed by atoms with E-state index in [-0.39, 0.29) is 0 Å². The van der Waals surface area contributed by atoms with Crippen LogP contribution in [0.5, 0.6) is 0 Å². The Bertz CT molecular complexity index is 285. The summed E-state index contributed by atoms with van der Waals surface area (Å²) >= 11 is 0. The predicted octanol–water partition coefficient (Wildman–Crippen LogP) is 3.67. The molecule has 0 spiro atoms. The fraction of sp³-hybridized carbons (Fsp3) is 1.00. The topological polar surface area (TPSA) is 15.3 Å². The minimum absolute atomic E-state index is 0.845. The summed E-state index contributed by atoms with van der Waals surface area (Å²) < 4.78 is 0. The molecule has 1 N–H and O–H groups in total. The third kappa shape index (κ3) is 3.76. The monoisotopic (exact) mass is 278 g/mol. The van der Waals surface area contributed by atoms with Gasteiger partial charge in [0.15, 0.2) is 0 Å². The van der Waals surface area contributed by atoms with Gasteiger partial charge in [-0.1, -0.05) is 44.9 Å². The lowest BCUT2D eigenvalue weighted by Crippen LogP contribution is -2.44. The van der Waals surface area contributed by atoms with E-state index in [9.17, 15) is 0 Å². The van der Waals surface area contributed by atoms with E-state index in [1.54, 1.807) is 0 Å². The van der Waals surface area contributed by atoms with E-state index in [2.05, 4.69) is 17.3 Å². The summed E-state index contributed by atoms with van der Waals surface area (Å²) in [5.74, 6) is 2.96. The van der Waals surface area contributed by atoms with E-state index in [0.717, 1.165) is 23.8 Å². The molecule has 0 amide bonds. The van der Waals surface area contributed by atoms with Crippen LogP contribution in [0.3, 0.4) is 0 Å². The molecule has 3 rings (SSSR count). The first-order chi connectivity index (χ1) is 9.83. The first-order valence-corrected chi connectivity index (χ1v) is 9.25. The van der Waals surface area contributed by atoms with Gasteiger partial charge in [-0.2, -0.15) is 0 Å². The minimum atomic E-state index is 0.845.